The number of aromatic nitrogens is 4. The number of aromatic amines is 1. The highest BCUT2D eigenvalue weighted by molar-refractivity contribution is 5.86. The van der Waals surface area contributed by atoms with E-state index < -0.39 is 11.1 Å². The lowest BCUT2D eigenvalue weighted by molar-refractivity contribution is -0.157. The van der Waals surface area contributed by atoms with Crippen LogP contribution in [0.5, 0.6) is 0 Å². The second kappa shape index (κ2) is 9.91. The number of amides is 1. The van der Waals surface area contributed by atoms with Crippen molar-refractivity contribution in [1.29, 1.82) is 0 Å². The Morgan fingerprint density at radius 1 is 1.06 bits per heavy atom. The molecule has 2 fully saturated rings. The summed E-state index contributed by atoms with van der Waals surface area (Å²) < 4.78 is 7.56. The molecule has 2 aliphatic rings. The third-order valence-electron chi connectivity index (χ3n) is 7.49. The highest BCUT2D eigenvalue weighted by Crippen LogP contribution is 2.35. The minimum absolute atomic E-state index is 0.0601. The van der Waals surface area contributed by atoms with E-state index in [1.54, 1.807) is 0 Å². The van der Waals surface area contributed by atoms with Crippen molar-refractivity contribution in [3.63, 3.8) is 0 Å². The van der Waals surface area contributed by atoms with Crippen molar-refractivity contribution in [3.05, 3.63) is 52.4 Å². The van der Waals surface area contributed by atoms with Gasteiger partial charge in [0.05, 0.1) is 18.8 Å². The van der Waals surface area contributed by atoms with Crippen LogP contribution in [-0.4, -0.2) is 48.3 Å². The Morgan fingerprint density at radius 2 is 1.74 bits per heavy atom. The molecule has 0 aliphatic heterocycles. The Labute approximate surface area is 203 Å². The number of carbonyl (C=O) groups is 1. The molecule has 0 bridgehead atoms. The Bertz CT molecular complexity index is 1220. The summed E-state index contributed by atoms with van der Waals surface area (Å²) in [6.45, 7) is 0.0221. The topological polar surface area (TPSA) is 122 Å². The molecule has 3 N–H and O–H groups in total. The van der Waals surface area contributed by atoms with Crippen LogP contribution >= 0.6 is 0 Å². The number of nitrogens with one attached hydrogen (secondary N) is 2. The number of hydrogen-bond acceptors (Lipinski definition) is 6. The van der Waals surface area contributed by atoms with Gasteiger partial charge in [-0.2, -0.15) is 9.50 Å². The summed E-state index contributed by atoms with van der Waals surface area (Å²) in [7, 11) is 0. The first-order chi connectivity index (χ1) is 17.0. The summed E-state index contributed by atoms with van der Waals surface area (Å²) in [6.07, 6.45) is 8.81. The molecule has 3 aromatic rings. The van der Waals surface area contributed by atoms with Gasteiger partial charge in [0, 0.05) is 17.3 Å². The van der Waals surface area contributed by atoms with Gasteiger partial charge < -0.3 is 20.1 Å². The fraction of sp³-hybridized carbons (Fsp3) is 0.538. The SMILES string of the molecule is O=C(NC1(CO)CCCCC1)C1(OCc2cc(=O)n3nc(-c4ccccc4)nc3[nH]2)CCCCC1. The first-order valence-electron chi connectivity index (χ1n) is 12.6. The molecular weight excluding hydrogens is 446 g/mol. The van der Waals surface area contributed by atoms with Crippen molar-refractivity contribution in [1.82, 2.24) is 24.9 Å². The summed E-state index contributed by atoms with van der Waals surface area (Å²) >= 11 is 0. The molecule has 2 heterocycles. The van der Waals surface area contributed by atoms with Crippen LogP contribution in [0.2, 0.25) is 0 Å². The third-order valence-corrected chi connectivity index (χ3v) is 7.49. The van der Waals surface area contributed by atoms with E-state index in [1.807, 2.05) is 30.3 Å². The van der Waals surface area contributed by atoms with Crippen molar-refractivity contribution in [2.24, 2.45) is 0 Å². The number of aliphatic hydroxyl groups is 1. The summed E-state index contributed by atoms with van der Waals surface area (Å²) in [4.78, 5) is 33.9. The van der Waals surface area contributed by atoms with E-state index in [2.05, 4.69) is 20.4 Å². The zero-order valence-electron chi connectivity index (χ0n) is 20.0. The lowest BCUT2D eigenvalue weighted by Crippen LogP contribution is -2.60. The zero-order valence-corrected chi connectivity index (χ0v) is 20.0. The van der Waals surface area contributed by atoms with Gasteiger partial charge in [0.15, 0.2) is 5.82 Å². The fourth-order valence-corrected chi connectivity index (χ4v) is 5.41. The summed E-state index contributed by atoms with van der Waals surface area (Å²) in [6, 6.07) is 10.9. The van der Waals surface area contributed by atoms with Crippen LogP contribution in [0.4, 0.5) is 0 Å². The largest absolute Gasteiger partial charge is 0.394 e. The van der Waals surface area contributed by atoms with Crippen LogP contribution < -0.4 is 10.9 Å². The minimum Gasteiger partial charge on any atom is -0.394 e. The Hall–Kier alpha value is -3.04. The smallest absolute Gasteiger partial charge is 0.275 e. The first-order valence-corrected chi connectivity index (χ1v) is 12.6. The molecule has 2 saturated carbocycles. The minimum atomic E-state index is -0.968. The standard InChI is InChI=1S/C26H33N5O4/c32-18-25(12-6-2-7-13-25)29-23(34)26(14-8-3-9-15-26)35-17-20-16-21(33)31-24(27-20)28-22(30-31)19-10-4-1-5-11-19/h1,4-5,10-11,16,32H,2-3,6-9,12-15,17-18H2,(H,29,34)(H,27,28,30). The van der Waals surface area contributed by atoms with Crippen LogP contribution in [0, 0.1) is 0 Å². The van der Waals surface area contributed by atoms with Gasteiger partial charge in [-0.25, -0.2) is 0 Å². The maximum absolute atomic E-state index is 13.6. The van der Waals surface area contributed by atoms with Crippen LogP contribution in [0.25, 0.3) is 17.2 Å². The molecule has 1 aromatic carbocycles. The van der Waals surface area contributed by atoms with E-state index in [0.717, 1.165) is 56.9 Å². The van der Waals surface area contributed by atoms with E-state index in [4.69, 9.17) is 4.74 Å². The van der Waals surface area contributed by atoms with E-state index in [9.17, 15) is 14.7 Å². The van der Waals surface area contributed by atoms with E-state index in [1.165, 1.54) is 10.6 Å². The molecule has 5 rings (SSSR count). The van der Waals surface area contributed by atoms with Gasteiger partial charge in [-0.15, -0.1) is 5.10 Å². The number of hydrogen-bond donors (Lipinski definition) is 3. The normalized spacial score (nSPS) is 19.5. The van der Waals surface area contributed by atoms with Gasteiger partial charge in [-0.3, -0.25) is 9.59 Å². The number of ether oxygens (including phenoxy) is 1. The average Bonchev–Trinajstić information content (AvgIpc) is 3.34. The molecule has 2 aliphatic carbocycles. The van der Waals surface area contributed by atoms with Gasteiger partial charge in [-0.1, -0.05) is 68.9 Å². The first kappa shape index (κ1) is 23.7. The number of aliphatic hydroxyl groups excluding tert-OH is 1. The molecule has 0 unspecified atom stereocenters. The monoisotopic (exact) mass is 479 g/mol. The van der Waals surface area contributed by atoms with Crippen molar-refractivity contribution < 1.29 is 14.6 Å². The Morgan fingerprint density at radius 3 is 2.43 bits per heavy atom. The maximum Gasteiger partial charge on any atom is 0.275 e. The highest BCUT2D eigenvalue weighted by atomic mass is 16.5. The zero-order chi connectivity index (χ0) is 24.3. The van der Waals surface area contributed by atoms with E-state index in [-0.39, 0.29) is 24.7 Å². The molecular formula is C26H33N5O4. The second-order valence-electron chi connectivity index (χ2n) is 9.97. The Kier molecular flexibility index (Phi) is 6.71. The number of carbonyl (C=O) groups excluding carboxylic acids is 1. The molecule has 0 radical (unpaired) electrons. The molecule has 0 atom stereocenters. The van der Waals surface area contributed by atoms with Crippen LogP contribution in [0.3, 0.4) is 0 Å². The predicted octanol–water partition coefficient (Wildman–Crippen LogP) is 3.12. The quantitative estimate of drug-likeness (QED) is 0.479. The van der Waals surface area contributed by atoms with Gasteiger partial charge in [0.2, 0.25) is 5.78 Å². The molecule has 9 heteroatoms. The Balaban J connectivity index is 1.36. The molecule has 2 aromatic heterocycles. The summed E-state index contributed by atoms with van der Waals surface area (Å²) in [5, 5.41) is 17.6. The van der Waals surface area contributed by atoms with Gasteiger partial charge in [-0.05, 0) is 25.7 Å². The average molecular weight is 480 g/mol. The molecule has 186 valence electrons. The number of H-pyrrole nitrogens is 1. The van der Waals surface area contributed by atoms with Crippen LogP contribution in [-0.2, 0) is 16.1 Å². The lowest BCUT2D eigenvalue weighted by Gasteiger charge is -2.42. The summed E-state index contributed by atoms with van der Waals surface area (Å²) in [5.74, 6) is 0.644. The van der Waals surface area contributed by atoms with Crippen LogP contribution in [0.1, 0.15) is 69.9 Å². The number of fused-ring (bicyclic) bond motifs is 1. The number of rotatable bonds is 7. The molecule has 1 amide bonds. The van der Waals surface area contributed by atoms with Gasteiger partial charge in [0.1, 0.15) is 5.60 Å². The second-order valence-corrected chi connectivity index (χ2v) is 9.97. The van der Waals surface area contributed by atoms with Crippen molar-refractivity contribution in [2.75, 3.05) is 6.61 Å². The predicted molar refractivity (Wildman–Crippen MR) is 131 cm³/mol. The fourth-order valence-electron chi connectivity index (χ4n) is 5.41. The lowest BCUT2D eigenvalue weighted by atomic mass is 9.79. The number of nitrogens with zero attached hydrogens (tertiary/aromatic N) is 3. The van der Waals surface area contributed by atoms with Crippen molar-refractivity contribution in [3.8, 4) is 11.4 Å². The van der Waals surface area contributed by atoms with E-state index in [0.29, 0.717) is 30.1 Å². The van der Waals surface area contributed by atoms with E-state index >= 15 is 0 Å². The highest BCUT2D eigenvalue weighted by Gasteiger charge is 2.44. The molecule has 35 heavy (non-hydrogen) atoms. The molecule has 0 saturated heterocycles. The van der Waals surface area contributed by atoms with Crippen molar-refractivity contribution >= 4 is 11.7 Å². The number of benzene rings is 1. The molecule has 0 spiro atoms. The summed E-state index contributed by atoms with van der Waals surface area (Å²) in [5.41, 5.74) is -0.479. The molecule has 9 nitrogen and oxygen atoms in total. The van der Waals surface area contributed by atoms with Crippen LogP contribution in [0.15, 0.2) is 41.2 Å². The third kappa shape index (κ3) is 4.88. The van der Waals surface area contributed by atoms with Gasteiger partial charge in [0.25, 0.3) is 11.5 Å². The van der Waals surface area contributed by atoms with Gasteiger partial charge >= 0.3 is 0 Å². The maximum atomic E-state index is 13.6. The van der Waals surface area contributed by atoms with Crippen molar-refractivity contribution in [2.45, 2.75) is 82.0 Å².